The van der Waals surface area contributed by atoms with Crippen LogP contribution < -0.4 is 5.32 Å². The van der Waals surface area contributed by atoms with Crippen LogP contribution in [0.5, 0.6) is 0 Å². The molecule has 1 atom stereocenters. The van der Waals surface area contributed by atoms with E-state index in [0.717, 1.165) is 23.0 Å². The lowest BCUT2D eigenvalue weighted by Gasteiger charge is -2.10. The van der Waals surface area contributed by atoms with E-state index in [1.807, 2.05) is 12.1 Å². The molecule has 0 aliphatic carbocycles. The highest BCUT2D eigenvalue weighted by Gasteiger charge is 2.15. The van der Waals surface area contributed by atoms with Crippen LogP contribution >= 0.6 is 15.9 Å². The van der Waals surface area contributed by atoms with Crippen molar-refractivity contribution < 1.29 is 4.42 Å². The molecule has 4 nitrogen and oxygen atoms in total. The second-order valence-electron chi connectivity index (χ2n) is 4.36. The van der Waals surface area contributed by atoms with Gasteiger partial charge in [0.1, 0.15) is 0 Å². The van der Waals surface area contributed by atoms with E-state index in [9.17, 15) is 0 Å². The molecule has 0 aliphatic rings. The number of rotatable bonds is 6. The molecule has 19 heavy (non-hydrogen) atoms. The van der Waals surface area contributed by atoms with Crippen molar-refractivity contribution in [1.82, 2.24) is 15.5 Å². The van der Waals surface area contributed by atoms with E-state index in [-0.39, 0.29) is 6.04 Å². The van der Waals surface area contributed by atoms with Gasteiger partial charge in [-0.05, 0) is 30.7 Å². The molecule has 0 bridgehead atoms. The predicted octanol–water partition coefficient (Wildman–Crippen LogP) is 3.48. The molecular weight excluding hydrogens is 306 g/mol. The number of halogens is 1. The fraction of sp³-hybridized carbons (Fsp3) is 0.429. The van der Waals surface area contributed by atoms with Gasteiger partial charge in [0.05, 0.1) is 12.5 Å². The normalized spacial score (nSPS) is 12.6. The van der Waals surface area contributed by atoms with Crippen molar-refractivity contribution in [3.05, 3.63) is 46.1 Å². The van der Waals surface area contributed by atoms with E-state index in [4.69, 9.17) is 4.42 Å². The average molecular weight is 324 g/mol. The van der Waals surface area contributed by atoms with Gasteiger partial charge in [-0.3, -0.25) is 0 Å². The topological polar surface area (TPSA) is 51.0 Å². The molecule has 2 aromatic rings. The highest BCUT2D eigenvalue weighted by atomic mass is 79.9. The summed E-state index contributed by atoms with van der Waals surface area (Å²) >= 11 is 3.42. The standard InChI is InChI=1S/C14H18BrN3O/c1-3-12(16-4-2)14-18-17-13(19-14)9-10-5-7-11(15)8-6-10/h5-8,12,16H,3-4,9H2,1-2H3. The van der Waals surface area contributed by atoms with Gasteiger partial charge in [0.15, 0.2) is 0 Å². The first-order chi connectivity index (χ1) is 9.22. The quantitative estimate of drug-likeness (QED) is 0.884. The summed E-state index contributed by atoms with van der Waals surface area (Å²) in [5.74, 6) is 1.34. The molecule has 1 N–H and O–H groups in total. The minimum atomic E-state index is 0.149. The Bertz CT molecular complexity index is 510. The molecule has 0 radical (unpaired) electrons. The van der Waals surface area contributed by atoms with Gasteiger partial charge in [-0.1, -0.05) is 41.9 Å². The Balaban J connectivity index is 2.06. The van der Waals surface area contributed by atoms with Crippen LogP contribution in [0, 0.1) is 0 Å². The summed E-state index contributed by atoms with van der Waals surface area (Å²) in [6.07, 6.45) is 1.61. The van der Waals surface area contributed by atoms with Crippen LogP contribution in [0.4, 0.5) is 0 Å². The molecule has 1 aromatic carbocycles. The van der Waals surface area contributed by atoms with Crippen molar-refractivity contribution in [3.8, 4) is 0 Å². The number of hydrogen-bond donors (Lipinski definition) is 1. The second-order valence-corrected chi connectivity index (χ2v) is 5.27. The first-order valence-corrected chi connectivity index (χ1v) is 7.32. The van der Waals surface area contributed by atoms with Crippen LogP contribution in [0.2, 0.25) is 0 Å². The highest BCUT2D eigenvalue weighted by Crippen LogP contribution is 2.17. The van der Waals surface area contributed by atoms with E-state index < -0.39 is 0 Å². The molecule has 0 spiro atoms. The van der Waals surface area contributed by atoms with Gasteiger partial charge >= 0.3 is 0 Å². The van der Waals surface area contributed by atoms with Crippen LogP contribution in [0.15, 0.2) is 33.2 Å². The van der Waals surface area contributed by atoms with Crippen LogP contribution in [0.1, 0.15) is 43.7 Å². The summed E-state index contributed by atoms with van der Waals surface area (Å²) in [5, 5.41) is 11.6. The van der Waals surface area contributed by atoms with Crippen molar-refractivity contribution in [1.29, 1.82) is 0 Å². The lowest BCUT2D eigenvalue weighted by atomic mass is 10.1. The van der Waals surface area contributed by atoms with Crippen LogP contribution in [0.3, 0.4) is 0 Å². The second kappa shape index (κ2) is 6.82. The van der Waals surface area contributed by atoms with E-state index >= 15 is 0 Å². The summed E-state index contributed by atoms with van der Waals surface area (Å²) in [6, 6.07) is 8.28. The highest BCUT2D eigenvalue weighted by molar-refractivity contribution is 9.10. The molecule has 1 heterocycles. The van der Waals surface area contributed by atoms with Gasteiger partial charge in [0, 0.05) is 4.47 Å². The number of nitrogens with one attached hydrogen (secondary N) is 1. The number of nitrogens with zero attached hydrogens (tertiary/aromatic N) is 2. The molecule has 0 aliphatic heterocycles. The Morgan fingerprint density at radius 1 is 1.21 bits per heavy atom. The zero-order valence-corrected chi connectivity index (χ0v) is 12.8. The van der Waals surface area contributed by atoms with E-state index in [2.05, 4.69) is 57.4 Å². The smallest absolute Gasteiger partial charge is 0.233 e. The third-order valence-corrected chi connectivity index (χ3v) is 3.44. The maximum atomic E-state index is 5.73. The SMILES string of the molecule is CCNC(CC)c1nnc(Cc2ccc(Br)cc2)o1. The van der Waals surface area contributed by atoms with Crippen molar-refractivity contribution >= 4 is 15.9 Å². The Hall–Kier alpha value is -1.20. The maximum absolute atomic E-state index is 5.73. The predicted molar refractivity (Wildman–Crippen MR) is 78.0 cm³/mol. The molecule has 1 aromatic heterocycles. The lowest BCUT2D eigenvalue weighted by molar-refractivity contribution is 0.380. The Morgan fingerprint density at radius 3 is 2.58 bits per heavy atom. The summed E-state index contributed by atoms with van der Waals surface area (Å²) in [6.45, 7) is 5.07. The molecular formula is C14H18BrN3O. The first kappa shape index (κ1) is 14.2. The molecule has 0 fully saturated rings. The summed E-state index contributed by atoms with van der Waals surface area (Å²) < 4.78 is 6.80. The van der Waals surface area contributed by atoms with Crippen LogP contribution in [-0.4, -0.2) is 16.7 Å². The number of hydrogen-bond acceptors (Lipinski definition) is 4. The Labute approximate surface area is 121 Å². The van der Waals surface area contributed by atoms with Crippen molar-refractivity contribution in [2.45, 2.75) is 32.7 Å². The van der Waals surface area contributed by atoms with Gasteiger partial charge in [0.2, 0.25) is 11.8 Å². The third kappa shape index (κ3) is 3.88. The maximum Gasteiger partial charge on any atom is 0.233 e. The largest absolute Gasteiger partial charge is 0.423 e. The van der Waals surface area contributed by atoms with Crippen molar-refractivity contribution in [2.24, 2.45) is 0 Å². The Kier molecular flexibility index (Phi) is 5.10. The number of aromatic nitrogens is 2. The number of benzene rings is 1. The summed E-state index contributed by atoms with van der Waals surface area (Å²) in [7, 11) is 0. The first-order valence-electron chi connectivity index (χ1n) is 6.53. The van der Waals surface area contributed by atoms with Gasteiger partial charge in [0.25, 0.3) is 0 Å². The zero-order chi connectivity index (χ0) is 13.7. The van der Waals surface area contributed by atoms with Gasteiger partial charge in [-0.25, -0.2) is 0 Å². The molecule has 2 rings (SSSR count). The fourth-order valence-electron chi connectivity index (χ4n) is 1.91. The minimum absolute atomic E-state index is 0.149. The monoisotopic (exact) mass is 323 g/mol. The van der Waals surface area contributed by atoms with Crippen LogP contribution in [0.25, 0.3) is 0 Å². The van der Waals surface area contributed by atoms with Gasteiger partial charge in [-0.2, -0.15) is 0 Å². The van der Waals surface area contributed by atoms with Gasteiger partial charge in [-0.15, -0.1) is 10.2 Å². The molecule has 0 saturated carbocycles. The third-order valence-electron chi connectivity index (χ3n) is 2.91. The molecule has 102 valence electrons. The molecule has 0 saturated heterocycles. The minimum Gasteiger partial charge on any atom is -0.423 e. The van der Waals surface area contributed by atoms with E-state index in [0.29, 0.717) is 18.2 Å². The molecule has 5 heteroatoms. The Morgan fingerprint density at radius 2 is 1.95 bits per heavy atom. The lowest BCUT2D eigenvalue weighted by Crippen LogP contribution is -2.20. The average Bonchev–Trinajstić information content (AvgIpc) is 2.87. The van der Waals surface area contributed by atoms with E-state index in [1.54, 1.807) is 0 Å². The molecule has 1 unspecified atom stereocenters. The fourth-order valence-corrected chi connectivity index (χ4v) is 2.17. The zero-order valence-electron chi connectivity index (χ0n) is 11.2. The van der Waals surface area contributed by atoms with Crippen molar-refractivity contribution in [2.75, 3.05) is 6.54 Å². The van der Waals surface area contributed by atoms with Crippen molar-refractivity contribution in [3.63, 3.8) is 0 Å². The van der Waals surface area contributed by atoms with Gasteiger partial charge < -0.3 is 9.73 Å². The van der Waals surface area contributed by atoms with E-state index in [1.165, 1.54) is 0 Å². The van der Waals surface area contributed by atoms with Crippen LogP contribution in [-0.2, 0) is 6.42 Å². The summed E-state index contributed by atoms with van der Waals surface area (Å²) in [5.41, 5.74) is 1.16. The summed E-state index contributed by atoms with van der Waals surface area (Å²) in [4.78, 5) is 0. The molecule has 0 amide bonds.